The molecule has 0 amide bonds. The van der Waals surface area contributed by atoms with Crippen molar-refractivity contribution in [3.05, 3.63) is 76.1 Å². The summed E-state index contributed by atoms with van der Waals surface area (Å²) in [7, 11) is -1.26. The third kappa shape index (κ3) is 3.45. The molecule has 1 saturated heterocycles. The van der Waals surface area contributed by atoms with Crippen molar-refractivity contribution >= 4 is 44.8 Å². The van der Waals surface area contributed by atoms with Crippen LogP contribution in [0.2, 0.25) is 5.02 Å². The van der Waals surface area contributed by atoms with Crippen molar-refractivity contribution < 1.29 is 8.60 Å². The summed E-state index contributed by atoms with van der Waals surface area (Å²) >= 11 is 6.30. The summed E-state index contributed by atoms with van der Waals surface area (Å²) in [6, 6.07) is 7.08. The van der Waals surface area contributed by atoms with Crippen LogP contribution in [0.1, 0.15) is 24.7 Å². The summed E-state index contributed by atoms with van der Waals surface area (Å²) < 4.78 is 29.5. The fraction of sp³-hybridized carbons (Fsp3) is 0.217. The summed E-state index contributed by atoms with van der Waals surface area (Å²) in [4.78, 5) is 28.2. The Labute approximate surface area is 205 Å². The van der Waals surface area contributed by atoms with Crippen LogP contribution in [0.4, 0.5) is 10.2 Å². The van der Waals surface area contributed by atoms with Gasteiger partial charge in [-0.3, -0.25) is 13.6 Å². The van der Waals surface area contributed by atoms with E-state index in [2.05, 4.69) is 15.0 Å². The minimum absolute atomic E-state index is 0.211. The molecular formula is C23H19ClFN7O2S. The number of H-pyrrole nitrogens is 1. The SMILES string of the molecule is CS(=O)c1c[nH]c2ncnc(N3CCC[C@H]3c3nn4ccc(Cl)c4c(=O)n3-c3cccc(F)c3)c12. The third-order valence-electron chi connectivity index (χ3n) is 6.27. The highest BCUT2D eigenvalue weighted by Gasteiger charge is 2.34. The van der Waals surface area contributed by atoms with Gasteiger partial charge in [-0.05, 0) is 37.1 Å². The molecule has 1 aliphatic heterocycles. The second kappa shape index (κ2) is 8.28. The Bertz CT molecular complexity index is 1690. The van der Waals surface area contributed by atoms with Crippen molar-refractivity contribution in [1.82, 2.24) is 29.1 Å². The topological polar surface area (TPSA) is 101 Å². The molecule has 1 aromatic carbocycles. The van der Waals surface area contributed by atoms with Gasteiger partial charge in [0.25, 0.3) is 5.56 Å². The molecule has 0 saturated carbocycles. The summed E-state index contributed by atoms with van der Waals surface area (Å²) in [5.74, 6) is 0.568. The highest BCUT2D eigenvalue weighted by molar-refractivity contribution is 7.84. The molecule has 0 radical (unpaired) electrons. The molecule has 1 aliphatic rings. The lowest BCUT2D eigenvalue weighted by molar-refractivity contribution is 0.596. The number of anilines is 1. The molecule has 5 aromatic rings. The van der Waals surface area contributed by atoms with Crippen molar-refractivity contribution in [2.24, 2.45) is 0 Å². The lowest BCUT2D eigenvalue weighted by Crippen LogP contribution is -2.33. The zero-order valence-electron chi connectivity index (χ0n) is 18.5. The van der Waals surface area contributed by atoms with E-state index in [-0.39, 0.29) is 16.6 Å². The first kappa shape index (κ1) is 21.9. The van der Waals surface area contributed by atoms with E-state index >= 15 is 0 Å². The second-order valence-electron chi connectivity index (χ2n) is 8.31. The van der Waals surface area contributed by atoms with E-state index in [1.54, 1.807) is 36.8 Å². The van der Waals surface area contributed by atoms with Gasteiger partial charge in [-0.2, -0.15) is 5.10 Å². The maximum Gasteiger partial charge on any atom is 0.284 e. The monoisotopic (exact) mass is 511 g/mol. The van der Waals surface area contributed by atoms with Crippen molar-refractivity contribution in [2.45, 2.75) is 23.8 Å². The molecule has 35 heavy (non-hydrogen) atoms. The molecule has 1 N–H and O–H groups in total. The standard InChI is InChI=1S/C23H19ClFN7O2S/c1-35(34)17-11-26-20-18(17)22(28-12-27-20)30-8-3-6-16(30)21-29-31-9-7-15(24)19(31)23(33)32(21)14-5-2-4-13(25)10-14/h2,4-5,7,9-12,16H,3,6,8H2,1H3,(H,26,27,28)/t16-,35?/m0/s1. The van der Waals surface area contributed by atoms with Gasteiger partial charge in [-0.25, -0.2) is 18.9 Å². The molecule has 4 aromatic heterocycles. The zero-order chi connectivity index (χ0) is 24.3. The van der Waals surface area contributed by atoms with Gasteiger partial charge in [0.15, 0.2) is 5.82 Å². The largest absolute Gasteiger partial charge is 0.346 e. The van der Waals surface area contributed by atoms with E-state index in [1.165, 1.54) is 27.5 Å². The quantitative estimate of drug-likeness (QED) is 0.395. The number of halogens is 2. The highest BCUT2D eigenvalue weighted by atomic mass is 35.5. The average Bonchev–Trinajstić information content (AvgIpc) is 3.57. The maximum absolute atomic E-state index is 14.2. The van der Waals surface area contributed by atoms with Crippen LogP contribution in [0.5, 0.6) is 0 Å². The van der Waals surface area contributed by atoms with Gasteiger partial charge in [0.1, 0.15) is 29.1 Å². The van der Waals surface area contributed by atoms with Gasteiger partial charge in [0.05, 0.1) is 37.8 Å². The summed E-state index contributed by atoms with van der Waals surface area (Å²) in [5.41, 5.74) is 0.748. The van der Waals surface area contributed by atoms with E-state index < -0.39 is 22.2 Å². The lowest BCUT2D eigenvalue weighted by Gasteiger charge is -2.27. The number of aromatic nitrogens is 6. The number of hydrogen-bond acceptors (Lipinski definition) is 6. The van der Waals surface area contributed by atoms with E-state index in [9.17, 15) is 13.4 Å². The van der Waals surface area contributed by atoms with Gasteiger partial charge in [-0.15, -0.1) is 0 Å². The first-order chi connectivity index (χ1) is 16.9. The van der Waals surface area contributed by atoms with Crippen LogP contribution < -0.4 is 10.5 Å². The van der Waals surface area contributed by atoms with Crippen LogP contribution in [-0.4, -0.2) is 46.1 Å². The number of nitrogens with one attached hydrogen (secondary N) is 1. The molecule has 2 atom stereocenters. The molecule has 12 heteroatoms. The molecule has 1 fully saturated rings. The van der Waals surface area contributed by atoms with Crippen LogP contribution in [0.25, 0.3) is 22.2 Å². The fourth-order valence-corrected chi connectivity index (χ4v) is 5.70. The third-order valence-corrected chi connectivity index (χ3v) is 7.52. The molecule has 0 aliphatic carbocycles. The van der Waals surface area contributed by atoms with E-state index in [0.717, 1.165) is 6.42 Å². The minimum Gasteiger partial charge on any atom is -0.346 e. The average molecular weight is 512 g/mol. The van der Waals surface area contributed by atoms with Crippen molar-refractivity contribution in [2.75, 3.05) is 17.7 Å². The Morgan fingerprint density at radius 3 is 2.91 bits per heavy atom. The fourth-order valence-electron chi connectivity index (χ4n) is 4.78. The summed E-state index contributed by atoms with van der Waals surface area (Å²) in [6.07, 6.45) is 7.86. The Hall–Kier alpha value is -3.57. The Morgan fingerprint density at radius 1 is 1.26 bits per heavy atom. The molecule has 0 bridgehead atoms. The molecule has 9 nitrogen and oxygen atoms in total. The molecule has 0 spiro atoms. The normalized spacial score (nSPS) is 17.0. The molecule has 178 valence electrons. The summed E-state index contributed by atoms with van der Waals surface area (Å²) in [5, 5.41) is 5.70. The number of hydrogen-bond donors (Lipinski definition) is 1. The Morgan fingerprint density at radius 2 is 2.11 bits per heavy atom. The van der Waals surface area contributed by atoms with E-state index in [0.29, 0.717) is 46.2 Å². The van der Waals surface area contributed by atoms with Gasteiger partial charge in [0, 0.05) is 25.2 Å². The highest BCUT2D eigenvalue weighted by Crippen LogP contribution is 2.39. The predicted octanol–water partition coefficient (Wildman–Crippen LogP) is 3.63. The van der Waals surface area contributed by atoms with Gasteiger partial charge in [0.2, 0.25) is 0 Å². The lowest BCUT2D eigenvalue weighted by atomic mass is 10.2. The van der Waals surface area contributed by atoms with E-state index in [1.807, 2.05) is 4.90 Å². The minimum atomic E-state index is -1.26. The van der Waals surface area contributed by atoms with Crippen LogP contribution in [0.3, 0.4) is 0 Å². The van der Waals surface area contributed by atoms with Crippen molar-refractivity contribution in [1.29, 1.82) is 0 Å². The van der Waals surface area contributed by atoms with Crippen LogP contribution in [0.15, 0.2) is 58.7 Å². The van der Waals surface area contributed by atoms with Crippen LogP contribution >= 0.6 is 11.6 Å². The second-order valence-corrected chi connectivity index (χ2v) is 10.1. The van der Waals surface area contributed by atoms with Crippen molar-refractivity contribution in [3.63, 3.8) is 0 Å². The van der Waals surface area contributed by atoms with Gasteiger partial charge in [-0.1, -0.05) is 17.7 Å². The summed E-state index contributed by atoms with van der Waals surface area (Å²) in [6.45, 7) is 0.640. The smallest absolute Gasteiger partial charge is 0.284 e. The molecule has 5 heterocycles. The van der Waals surface area contributed by atoms with Gasteiger partial charge < -0.3 is 9.88 Å². The van der Waals surface area contributed by atoms with Gasteiger partial charge >= 0.3 is 0 Å². The predicted molar refractivity (Wildman–Crippen MR) is 131 cm³/mol. The zero-order valence-corrected chi connectivity index (χ0v) is 20.1. The van der Waals surface area contributed by atoms with Crippen molar-refractivity contribution in [3.8, 4) is 5.69 Å². The maximum atomic E-state index is 14.2. The number of aromatic amines is 1. The first-order valence-corrected chi connectivity index (χ1v) is 12.9. The number of fused-ring (bicyclic) bond motifs is 2. The molecule has 6 rings (SSSR count). The van der Waals surface area contributed by atoms with Crippen LogP contribution in [-0.2, 0) is 10.8 Å². The first-order valence-electron chi connectivity index (χ1n) is 10.9. The van der Waals surface area contributed by atoms with E-state index in [4.69, 9.17) is 16.7 Å². The Balaban J connectivity index is 1.61. The van der Waals surface area contributed by atoms with Crippen LogP contribution in [0, 0.1) is 5.82 Å². The number of rotatable bonds is 4. The molecule has 1 unspecified atom stereocenters. The number of nitrogens with zero attached hydrogens (tertiary/aromatic N) is 6. The Kier molecular flexibility index (Phi) is 5.19. The molecular weight excluding hydrogens is 493 g/mol. The number of benzene rings is 1.